The number of aryl methyl sites for hydroxylation is 1. The Morgan fingerprint density at radius 2 is 2.00 bits per heavy atom. The number of ether oxygens (including phenoxy) is 1. The van der Waals surface area contributed by atoms with Crippen molar-refractivity contribution in [3.63, 3.8) is 0 Å². The van der Waals surface area contributed by atoms with Crippen molar-refractivity contribution in [1.29, 1.82) is 0 Å². The monoisotopic (exact) mass is 501 g/mol. The van der Waals surface area contributed by atoms with Crippen LogP contribution in [0.1, 0.15) is 54.8 Å². The van der Waals surface area contributed by atoms with E-state index >= 15 is 0 Å². The number of pyridine rings is 1. The van der Waals surface area contributed by atoms with Gasteiger partial charge >= 0.3 is 6.09 Å². The summed E-state index contributed by atoms with van der Waals surface area (Å²) in [6, 6.07) is 1.04. The van der Waals surface area contributed by atoms with Crippen LogP contribution < -0.4 is 10.6 Å². The second-order valence-electron chi connectivity index (χ2n) is 9.54. The van der Waals surface area contributed by atoms with Crippen molar-refractivity contribution in [1.82, 2.24) is 30.2 Å². The van der Waals surface area contributed by atoms with Gasteiger partial charge in [-0.3, -0.25) is 9.78 Å². The first-order chi connectivity index (χ1) is 16.5. The van der Waals surface area contributed by atoms with Gasteiger partial charge in [0, 0.05) is 31.7 Å². The summed E-state index contributed by atoms with van der Waals surface area (Å²) in [6.45, 7) is 10.5. The number of nitrogens with one attached hydrogen (secondary N) is 2. The van der Waals surface area contributed by atoms with Gasteiger partial charge < -0.3 is 20.3 Å². The molecule has 3 aromatic heterocycles. The van der Waals surface area contributed by atoms with Crippen LogP contribution in [0, 0.1) is 18.7 Å². The molecule has 1 atom stereocenters. The summed E-state index contributed by atoms with van der Waals surface area (Å²) in [6.07, 6.45) is 2.22. The van der Waals surface area contributed by atoms with Gasteiger partial charge in [-0.2, -0.15) is 4.98 Å². The Hall–Kier alpha value is -3.41. The van der Waals surface area contributed by atoms with E-state index in [-0.39, 0.29) is 29.5 Å². The van der Waals surface area contributed by atoms with E-state index in [1.807, 2.05) is 13.8 Å². The zero-order valence-corrected chi connectivity index (χ0v) is 21.1. The number of thiazole rings is 1. The average molecular weight is 502 g/mol. The van der Waals surface area contributed by atoms with E-state index in [1.165, 1.54) is 17.4 Å². The minimum absolute atomic E-state index is 0.130. The summed E-state index contributed by atoms with van der Waals surface area (Å²) >= 11 is 1.36. The number of fused-ring (bicyclic) bond motifs is 1. The number of carbonyl (C=O) groups excluding carboxylic acids is 2. The number of hydrogen-bond donors (Lipinski definition) is 2. The van der Waals surface area contributed by atoms with Crippen LogP contribution in [0.25, 0.3) is 10.3 Å². The molecule has 1 unspecified atom stereocenters. The minimum atomic E-state index is -0.564. The van der Waals surface area contributed by atoms with Crippen molar-refractivity contribution < 1.29 is 18.7 Å². The van der Waals surface area contributed by atoms with Gasteiger partial charge in [-0.1, -0.05) is 0 Å². The molecular weight excluding hydrogens is 473 g/mol. The standard InChI is InChI=1S/C23H28FN7O3S/c1-12(15-6-16(24)9-25-8-15)27-21-29-17(18-19(30-21)28-13(2)35-18)20(32)31-10-14(11-31)7-26-22(33)34-23(3,4)5/h6,8-9,12,14H,7,10-11H2,1-5H3,(H,26,33)(H,27,29,30). The van der Waals surface area contributed by atoms with Crippen LogP contribution in [0.4, 0.5) is 15.1 Å². The molecular formula is C23H28FN7O3S. The second kappa shape index (κ2) is 9.68. The molecule has 186 valence electrons. The number of likely N-dealkylation sites (tertiary alicyclic amines) is 1. The predicted molar refractivity (Wildman–Crippen MR) is 130 cm³/mol. The molecule has 2 amide bonds. The van der Waals surface area contributed by atoms with E-state index in [4.69, 9.17) is 4.74 Å². The van der Waals surface area contributed by atoms with Gasteiger partial charge in [-0.15, -0.1) is 11.3 Å². The zero-order valence-electron chi connectivity index (χ0n) is 20.3. The Bertz CT molecular complexity index is 1250. The highest BCUT2D eigenvalue weighted by atomic mass is 32.1. The topological polar surface area (TPSA) is 122 Å². The molecule has 1 aliphatic heterocycles. The van der Waals surface area contributed by atoms with Crippen molar-refractivity contribution in [3.05, 3.63) is 40.5 Å². The summed E-state index contributed by atoms with van der Waals surface area (Å²) in [4.78, 5) is 44.1. The highest BCUT2D eigenvalue weighted by Gasteiger charge is 2.34. The Morgan fingerprint density at radius 3 is 2.69 bits per heavy atom. The predicted octanol–water partition coefficient (Wildman–Crippen LogP) is 3.70. The lowest BCUT2D eigenvalue weighted by molar-refractivity contribution is 0.0419. The van der Waals surface area contributed by atoms with Crippen LogP contribution in [0.2, 0.25) is 0 Å². The fraction of sp³-hybridized carbons (Fsp3) is 0.478. The summed E-state index contributed by atoms with van der Waals surface area (Å²) < 4.78 is 19.4. The molecule has 1 saturated heterocycles. The van der Waals surface area contributed by atoms with Crippen LogP contribution in [-0.4, -0.2) is 62.1 Å². The van der Waals surface area contributed by atoms with Crippen molar-refractivity contribution >= 4 is 39.6 Å². The molecule has 1 fully saturated rings. The third-order valence-corrected chi connectivity index (χ3v) is 6.28. The van der Waals surface area contributed by atoms with E-state index in [1.54, 1.807) is 31.9 Å². The van der Waals surface area contributed by atoms with Crippen molar-refractivity contribution in [3.8, 4) is 0 Å². The highest BCUT2D eigenvalue weighted by Crippen LogP contribution is 2.28. The fourth-order valence-electron chi connectivity index (χ4n) is 3.64. The van der Waals surface area contributed by atoms with Gasteiger partial charge in [0.05, 0.1) is 17.2 Å². The number of alkyl carbamates (subject to hydrolysis) is 1. The lowest BCUT2D eigenvalue weighted by atomic mass is 9.99. The van der Waals surface area contributed by atoms with E-state index in [2.05, 4.69) is 30.6 Å². The molecule has 0 radical (unpaired) electrons. The number of aromatic nitrogens is 4. The summed E-state index contributed by atoms with van der Waals surface area (Å²) in [7, 11) is 0. The summed E-state index contributed by atoms with van der Waals surface area (Å²) in [5.74, 6) is -0.304. The van der Waals surface area contributed by atoms with Gasteiger partial charge in [-0.05, 0) is 46.2 Å². The van der Waals surface area contributed by atoms with E-state index in [0.717, 1.165) is 11.2 Å². The number of halogens is 1. The SMILES string of the molecule is Cc1nc2nc(NC(C)c3cncc(F)c3)nc(C(=O)N3CC(CNC(=O)OC(C)(C)C)C3)c2s1. The molecule has 35 heavy (non-hydrogen) atoms. The zero-order chi connectivity index (χ0) is 25.3. The molecule has 0 saturated carbocycles. The van der Waals surface area contributed by atoms with Crippen molar-refractivity contribution in [2.45, 2.75) is 46.3 Å². The van der Waals surface area contributed by atoms with Crippen LogP contribution >= 0.6 is 11.3 Å². The van der Waals surface area contributed by atoms with E-state index < -0.39 is 17.5 Å². The molecule has 1 aliphatic rings. The maximum atomic E-state index is 13.6. The largest absolute Gasteiger partial charge is 0.444 e. The molecule has 0 aliphatic carbocycles. The number of amides is 2. The summed E-state index contributed by atoms with van der Waals surface area (Å²) in [5.41, 5.74) is 0.762. The van der Waals surface area contributed by atoms with Gasteiger partial charge in [0.25, 0.3) is 5.91 Å². The molecule has 0 bridgehead atoms. The lowest BCUT2D eigenvalue weighted by Gasteiger charge is -2.39. The van der Waals surface area contributed by atoms with Crippen LogP contribution in [0.5, 0.6) is 0 Å². The van der Waals surface area contributed by atoms with Gasteiger partial charge in [-0.25, -0.2) is 19.2 Å². The minimum Gasteiger partial charge on any atom is -0.444 e. The second-order valence-corrected chi connectivity index (χ2v) is 10.7. The third-order valence-electron chi connectivity index (χ3n) is 5.31. The molecule has 2 N–H and O–H groups in total. The quantitative estimate of drug-likeness (QED) is 0.524. The first-order valence-corrected chi connectivity index (χ1v) is 12.1. The third kappa shape index (κ3) is 5.99. The maximum absolute atomic E-state index is 13.6. The number of anilines is 1. The van der Waals surface area contributed by atoms with Crippen LogP contribution in [0.3, 0.4) is 0 Å². The molecule has 4 heterocycles. The number of nitrogens with zero attached hydrogens (tertiary/aromatic N) is 5. The van der Waals surface area contributed by atoms with Gasteiger partial charge in [0.15, 0.2) is 11.3 Å². The average Bonchev–Trinajstić information content (AvgIpc) is 3.10. The normalized spacial score (nSPS) is 15.0. The Morgan fingerprint density at radius 1 is 1.26 bits per heavy atom. The van der Waals surface area contributed by atoms with Crippen LogP contribution in [-0.2, 0) is 4.74 Å². The van der Waals surface area contributed by atoms with Gasteiger partial charge in [0.2, 0.25) is 5.95 Å². The Balaban J connectivity index is 1.45. The van der Waals surface area contributed by atoms with E-state index in [9.17, 15) is 14.0 Å². The van der Waals surface area contributed by atoms with Crippen molar-refractivity contribution in [2.75, 3.05) is 25.0 Å². The first-order valence-electron chi connectivity index (χ1n) is 11.3. The lowest BCUT2D eigenvalue weighted by Crippen LogP contribution is -2.54. The molecule has 0 spiro atoms. The number of rotatable bonds is 6. The molecule has 10 nitrogen and oxygen atoms in total. The first kappa shape index (κ1) is 24.7. The number of carbonyl (C=O) groups is 2. The van der Waals surface area contributed by atoms with Crippen molar-refractivity contribution in [2.24, 2.45) is 5.92 Å². The van der Waals surface area contributed by atoms with Gasteiger partial charge in [0.1, 0.15) is 16.1 Å². The molecule has 3 aromatic rings. The highest BCUT2D eigenvalue weighted by molar-refractivity contribution is 7.18. The smallest absolute Gasteiger partial charge is 0.407 e. The number of hydrogen-bond acceptors (Lipinski definition) is 9. The molecule has 0 aromatic carbocycles. The molecule has 12 heteroatoms. The molecule has 4 rings (SSSR count). The Kier molecular flexibility index (Phi) is 6.84. The fourth-order valence-corrected chi connectivity index (χ4v) is 4.48. The maximum Gasteiger partial charge on any atom is 0.407 e. The van der Waals surface area contributed by atoms with Crippen LogP contribution in [0.15, 0.2) is 18.5 Å². The summed E-state index contributed by atoms with van der Waals surface area (Å²) in [5, 5.41) is 6.64. The van der Waals surface area contributed by atoms with E-state index in [0.29, 0.717) is 35.5 Å². The Labute approximate surface area is 206 Å².